The molecule has 31 heavy (non-hydrogen) atoms. The molecule has 3 aromatic carbocycles. The normalized spacial score (nSPS) is 11.5. The van der Waals surface area contributed by atoms with Gasteiger partial charge in [-0.2, -0.15) is 0 Å². The highest BCUT2D eigenvalue weighted by molar-refractivity contribution is 6.33. The van der Waals surface area contributed by atoms with E-state index in [4.69, 9.17) is 16.0 Å². The number of oxazole rings is 1. The zero-order valence-corrected chi connectivity index (χ0v) is 17.8. The third-order valence-electron chi connectivity index (χ3n) is 5.14. The van der Waals surface area contributed by atoms with Gasteiger partial charge in [0.15, 0.2) is 5.58 Å². The van der Waals surface area contributed by atoms with Gasteiger partial charge in [-0.25, -0.2) is 4.98 Å². The number of para-hydroxylation sites is 1. The fourth-order valence-electron chi connectivity index (χ4n) is 3.44. The first-order chi connectivity index (χ1) is 14.8. The molecule has 1 heterocycles. The highest BCUT2D eigenvalue weighted by atomic mass is 35.5. The van der Waals surface area contributed by atoms with Crippen LogP contribution in [0.3, 0.4) is 0 Å². The maximum atomic E-state index is 11.4. The molecule has 1 N–H and O–H groups in total. The van der Waals surface area contributed by atoms with Gasteiger partial charge in [0, 0.05) is 22.9 Å². The second-order valence-electron chi connectivity index (χ2n) is 7.18. The summed E-state index contributed by atoms with van der Waals surface area (Å²) in [6.45, 7) is 5.15. The van der Waals surface area contributed by atoms with E-state index in [-0.39, 0.29) is 16.1 Å². The van der Waals surface area contributed by atoms with Crippen molar-refractivity contribution in [3.05, 3.63) is 79.9 Å². The van der Waals surface area contributed by atoms with Crippen LogP contribution in [0, 0.1) is 30.9 Å². The van der Waals surface area contributed by atoms with E-state index in [1.807, 2.05) is 31.2 Å². The quantitative estimate of drug-likeness (QED) is 0.226. The number of nitrogens with zero attached hydrogens (tertiary/aromatic N) is 3. The SMILES string of the molecule is Cc1c(Cl)c(C)c([N+](=O)[O-])c(O)c1C=Nc1cccc(-c2nc3c(C)cccc3o2)c1. The van der Waals surface area contributed by atoms with Crippen LogP contribution in [0.15, 0.2) is 51.9 Å². The van der Waals surface area contributed by atoms with Gasteiger partial charge in [0.05, 0.1) is 15.6 Å². The van der Waals surface area contributed by atoms with Crippen LogP contribution in [-0.4, -0.2) is 21.2 Å². The average molecular weight is 436 g/mol. The van der Waals surface area contributed by atoms with Gasteiger partial charge in [0.25, 0.3) is 0 Å². The highest BCUT2D eigenvalue weighted by Crippen LogP contribution is 2.40. The molecule has 0 unspecified atom stereocenters. The molecule has 8 heteroatoms. The van der Waals surface area contributed by atoms with Crippen molar-refractivity contribution in [3.8, 4) is 17.2 Å². The lowest BCUT2D eigenvalue weighted by atomic mass is 10.0. The topological polar surface area (TPSA) is 102 Å². The predicted octanol–water partition coefficient (Wildman–Crippen LogP) is 6.44. The summed E-state index contributed by atoms with van der Waals surface area (Å²) in [6, 6.07) is 13.0. The first-order valence-electron chi connectivity index (χ1n) is 9.44. The van der Waals surface area contributed by atoms with E-state index in [2.05, 4.69) is 9.98 Å². The van der Waals surface area contributed by atoms with E-state index < -0.39 is 16.4 Å². The van der Waals surface area contributed by atoms with Crippen LogP contribution in [0.2, 0.25) is 5.02 Å². The van der Waals surface area contributed by atoms with Crippen LogP contribution < -0.4 is 0 Å². The molecule has 156 valence electrons. The number of nitro groups is 1. The molecule has 4 aromatic rings. The number of benzene rings is 3. The van der Waals surface area contributed by atoms with E-state index in [0.717, 1.165) is 16.6 Å². The molecule has 0 aliphatic heterocycles. The van der Waals surface area contributed by atoms with E-state index in [0.29, 0.717) is 22.7 Å². The summed E-state index contributed by atoms with van der Waals surface area (Å²) in [4.78, 5) is 19.7. The lowest BCUT2D eigenvalue weighted by Gasteiger charge is -2.10. The molecule has 0 atom stereocenters. The standard InChI is InChI=1S/C23H18ClN3O4/c1-12-6-4-9-18-20(12)26-23(31-18)15-7-5-8-16(10-15)25-11-17-13(2)19(24)14(3)21(22(17)28)27(29)30/h4-11,28H,1-3H3. The van der Waals surface area contributed by atoms with Crippen LogP contribution in [-0.2, 0) is 0 Å². The second kappa shape index (κ2) is 7.85. The number of fused-ring (bicyclic) bond motifs is 1. The smallest absolute Gasteiger partial charge is 0.315 e. The molecule has 4 rings (SSSR count). The largest absolute Gasteiger partial charge is 0.502 e. The van der Waals surface area contributed by atoms with Crippen molar-refractivity contribution in [2.45, 2.75) is 20.8 Å². The lowest BCUT2D eigenvalue weighted by Crippen LogP contribution is -2.00. The van der Waals surface area contributed by atoms with Crippen molar-refractivity contribution >= 4 is 40.3 Å². The van der Waals surface area contributed by atoms with Crippen molar-refractivity contribution in [1.82, 2.24) is 4.98 Å². The van der Waals surface area contributed by atoms with Gasteiger partial charge in [0.1, 0.15) is 5.52 Å². The van der Waals surface area contributed by atoms with Crippen LogP contribution in [0.1, 0.15) is 22.3 Å². The van der Waals surface area contributed by atoms with Crippen molar-refractivity contribution in [1.29, 1.82) is 0 Å². The Morgan fingerprint density at radius 3 is 2.61 bits per heavy atom. The first kappa shape index (κ1) is 20.6. The number of phenols is 1. The molecular weight excluding hydrogens is 418 g/mol. The number of nitro benzene ring substituents is 1. The van der Waals surface area contributed by atoms with E-state index in [1.165, 1.54) is 13.1 Å². The summed E-state index contributed by atoms with van der Waals surface area (Å²) < 4.78 is 5.87. The summed E-state index contributed by atoms with van der Waals surface area (Å²) in [5, 5.41) is 22.0. The molecular formula is C23H18ClN3O4. The lowest BCUT2D eigenvalue weighted by molar-refractivity contribution is -0.386. The molecule has 1 aromatic heterocycles. The minimum atomic E-state index is -0.650. The van der Waals surface area contributed by atoms with Crippen molar-refractivity contribution < 1.29 is 14.4 Å². The Kier molecular flexibility index (Phi) is 5.20. The molecule has 0 spiro atoms. The fourth-order valence-corrected chi connectivity index (χ4v) is 3.63. The number of hydrogen-bond acceptors (Lipinski definition) is 6. The molecule has 0 aliphatic rings. The van der Waals surface area contributed by atoms with Gasteiger partial charge < -0.3 is 9.52 Å². The molecule has 7 nitrogen and oxygen atoms in total. The number of aromatic hydroxyl groups is 1. The zero-order valence-electron chi connectivity index (χ0n) is 17.0. The van der Waals surface area contributed by atoms with Gasteiger partial charge in [-0.3, -0.25) is 15.1 Å². The van der Waals surface area contributed by atoms with Gasteiger partial charge in [-0.05, 0) is 56.2 Å². The number of aryl methyl sites for hydroxylation is 1. The minimum absolute atomic E-state index is 0.199. The Morgan fingerprint density at radius 1 is 1.16 bits per heavy atom. The zero-order chi connectivity index (χ0) is 22.3. The van der Waals surface area contributed by atoms with Crippen molar-refractivity contribution in [2.75, 3.05) is 0 Å². The predicted molar refractivity (Wildman–Crippen MR) is 121 cm³/mol. The Labute approximate surface area is 182 Å². The maximum absolute atomic E-state index is 11.4. The van der Waals surface area contributed by atoms with Crippen molar-refractivity contribution in [2.24, 2.45) is 4.99 Å². The molecule has 0 saturated carbocycles. The summed E-state index contributed by atoms with van der Waals surface area (Å²) in [5.41, 5.74) is 4.32. The van der Waals surface area contributed by atoms with E-state index in [9.17, 15) is 15.2 Å². The molecule has 0 amide bonds. The number of halogens is 1. The number of phenolic OH excluding ortho intramolecular Hbond substituents is 1. The monoisotopic (exact) mass is 435 g/mol. The maximum Gasteiger partial charge on any atom is 0.315 e. The van der Waals surface area contributed by atoms with Crippen molar-refractivity contribution in [3.63, 3.8) is 0 Å². The van der Waals surface area contributed by atoms with Gasteiger partial charge in [-0.1, -0.05) is 29.8 Å². The van der Waals surface area contributed by atoms with Gasteiger partial charge >= 0.3 is 5.69 Å². The Bertz CT molecular complexity index is 1380. The van der Waals surface area contributed by atoms with Crippen LogP contribution in [0.25, 0.3) is 22.6 Å². The van der Waals surface area contributed by atoms with Crippen LogP contribution in [0.4, 0.5) is 11.4 Å². The fraction of sp³-hybridized carbons (Fsp3) is 0.130. The van der Waals surface area contributed by atoms with Gasteiger partial charge in [0.2, 0.25) is 11.6 Å². The molecule has 0 aliphatic carbocycles. The minimum Gasteiger partial charge on any atom is -0.502 e. The third-order valence-corrected chi connectivity index (χ3v) is 5.70. The first-order valence-corrected chi connectivity index (χ1v) is 9.82. The van der Waals surface area contributed by atoms with E-state index >= 15 is 0 Å². The Morgan fingerprint density at radius 2 is 1.90 bits per heavy atom. The molecule has 0 bridgehead atoms. The number of aromatic nitrogens is 1. The third kappa shape index (κ3) is 3.64. The van der Waals surface area contributed by atoms with Gasteiger partial charge in [-0.15, -0.1) is 0 Å². The molecule has 0 radical (unpaired) electrons. The summed E-state index contributed by atoms with van der Waals surface area (Å²) in [6.07, 6.45) is 1.37. The highest BCUT2D eigenvalue weighted by Gasteiger charge is 2.25. The average Bonchev–Trinajstić information content (AvgIpc) is 3.18. The second-order valence-corrected chi connectivity index (χ2v) is 7.56. The number of hydrogen-bond donors (Lipinski definition) is 1. The van der Waals surface area contributed by atoms with E-state index in [1.54, 1.807) is 25.1 Å². The Balaban J connectivity index is 1.74. The molecule has 0 saturated heterocycles. The summed E-state index contributed by atoms with van der Waals surface area (Å²) >= 11 is 6.24. The number of rotatable bonds is 4. The summed E-state index contributed by atoms with van der Waals surface area (Å²) in [7, 11) is 0. The summed E-state index contributed by atoms with van der Waals surface area (Å²) in [5.74, 6) is 0.00752. The Hall–Kier alpha value is -3.71. The molecule has 0 fully saturated rings. The van der Waals surface area contributed by atoms with Crippen LogP contribution >= 0.6 is 11.6 Å². The number of aliphatic imine (C=N–C) groups is 1. The van der Waals surface area contributed by atoms with Crippen LogP contribution in [0.5, 0.6) is 5.75 Å².